The molecular weight excluding hydrogens is 314 g/mol. The van der Waals surface area contributed by atoms with Gasteiger partial charge >= 0.3 is 0 Å². The molecule has 128 valence electrons. The van der Waals surface area contributed by atoms with Crippen LogP contribution in [0.3, 0.4) is 0 Å². The Labute approximate surface area is 146 Å². The molecule has 25 heavy (non-hydrogen) atoms. The summed E-state index contributed by atoms with van der Waals surface area (Å²) >= 11 is 0. The van der Waals surface area contributed by atoms with E-state index in [4.69, 9.17) is 4.98 Å². The fourth-order valence-electron chi connectivity index (χ4n) is 3.74. The minimum atomic E-state index is 0.0250. The van der Waals surface area contributed by atoms with Gasteiger partial charge in [0.2, 0.25) is 5.95 Å². The van der Waals surface area contributed by atoms with Crippen molar-refractivity contribution in [2.45, 2.75) is 25.7 Å². The summed E-state index contributed by atoms with van der Waals surface area (Å²) in [5.74, 6) is 0.693. The Hall–Kier alpha value is -2.81. The number of benzene rings is 1. The van der Waals surface area contributed by atoms with Gasteiger partial charge in [-0.3, -0.25) is 9.78 Å². The van der Waals surface area contributed by atoms with Gasteiger partial charge in [0.15, 0.2) is 0 Å². The Bertz CT molecular complexity index is 874. The van der Waals surface area contributed by atoms with Crippen LogP contribution in [0.2, 0.25) is 0 Å². The van der Waals surface area contributed by atoms with Crippen LogP contribution in [0.5, 0.6) is 0 Å². The monoisotopic (exact) mass is 335 g/mol. The Morgan fingerprint density at radius 1 is 1.04 bits per heavy atom. The molecule has 2 aromatic rings. The van der Waals surface area contributed by atoms with Gasteiger partial charge in [-0.15, -0.1) is 0 Å². The molecular formula is C19H21N5O. The Balaban J connectivity index is 1.52. The van der Waals surface area contributed by atoms with E-state index in [0.717, 1.165) is 68.8 Å². The molecule has 0 atom stereocenters. The number of para-hydroxylation sites is 1. The molecule has 1 aliphatic carbocycles. The minimum Gasteiger partial charge on any atom is -0.367 e. The van der Waals surface area contributed by atoms with Crippen LogP contribution in [0.15, 0.2) is 29.1 Å². The van der Waals surface area contributed by atoms with Crippen molar-refractivity contribution < 1.29 is 0 Å². The van der Waals surface area contributed by atoms with Crippen LogP contribution in [-0.4, -0.2) is 36.1 Å². The molecule has 1 saturated heterocycles. The topological polar surface area (TPSA) is 76.0 Å². The lowest BCUT2D eigenvalue weighted by Gasteiger charge is -2.37. The number of aromatic nitrogens is 2. The fourth-order valence-corrected chi connectivity index (χ4v) is 3.74. The highest BCUT2D eigenvalue weighted by Crippen LogP contribution is 2.23. The van der Waals surface area contributed by atoms with E-state index < -0.39 is 0 Å². The first-order valence-electron chi connectivity index (χ1n) is 8.87. The molecule has 1 aliphatic heterocycles. The number of rotatable bonds is 2. The summed E-state index contributed by atoms with van der Waals surface area (Å²) in [5.41, 5.74) is 3.56. The van der Waals surface area contributed by atoms with E-state index in [0.29, 0.717) is 11.5 Å². The van der Waals surface area contributed by atoms with Crippen molar-refractivity contribution in [1.82, 2.24) is 9.97 Å². The number of hydrogen-bond acceptors (Lipinski definition) is 5. The molecule has 0 spiro atoms. The van der Waals surface area contributed by atoms with E-state index in [1.54, 1.807) is 0 Å². The lowest BCUT2D eigenvalue weighted by molar-refractivity contribution is 0.620. The molecule has 0 bridgehead atoms. The van der Waals surface area contributed by atoms with Crippen LogP contribution in [0.4, 0.5) is 11.6 Å². The molecule has 1 fully saturated rings. The summed E-state index contributed by atoms with van der Waals surface area (Å²) in [6, 6.07) is 9.96. The second-order valence-corrected chi connectivity index (χ2v) is 6.62. The predicted octanol–water partition coefficient (Wildman–Crippen LogP) is 1.85. The number of aryl methyl sites for hydroxylation is 1. The Kier molecular flexibility index (Phi) is 4.14. The van der Waals surface area contributed by atoms with E-state index in [9.17, 15) is 10.1 Å². The highest BCUT2D eigenvalue weighted by atomic mass is 16.1. The van der Waals surface area contributed by atoms with Crippen molar-refractivity contribution in [1.29, 1.82) is 5.26 Å². The van der Waals surface area contributed by atoms with E-state index >= 15 is 0 Å². The van der Waals surface area contributed by atoms with Gasteiger partial charge in [-0.25, -0.2) is 4.98 Å². The van der Waals surface area contributed by atoms with E-state index in [1.165, 1.54) is 0 Å². The smallest absolute Gasteiger partial charge is 0.255 e. The first kappa shape index (κ1) is 15.7. The molecule has 2 heterocycles. The molecule has 4 rings (SSSR count). The summed E-state index contributed by atoms with van der Waals surface area (Å²) in [6.07, 6.45) is 3.94. The van der Waals surface area contributed by atoms with Crippen LogP contribution < -0.4 is 15.4 Å². The molecule has 1 aromatic heterocycles. The third-order valence-electron chi connectivity index (χ3n) is 5.12. The van der Waals surface area contributed by atoms with Crippen LogP contribution in [0, 0.1) is 11.3 Å². The zero-order chi connectivity index (χ0) is 17.2. The number of fused-ring (bicyclic) bond motifs is 1. The van der Waals surface area contributed by atoms with E-state index in [2.05, 4.69) is 20.9 Å². The number of nitrogens with zero attached hydrogens (tertiary/aromatic N) is 4. The molecule has 0 unspecified atom stereocenters. The fraction of sp³-hybridized carbons (Fsp3) is 0.421. The Morgan fingerprint density at radius 3 is 2.56 bits per heavy atom. The van der Waals surface area contributed by atoms with Crippen molar-refractivity contribution in [3.63, 3.8) is 0 Å². The predicted molar refractivity (Wildman–Crippen MR) is 97.1 cm³/mol. The number of anilines is 2. The van der Waals surface area contributed by atoms with Crippen molar-refractivity contribution in [2.75, 3.05) is 36.0 Å². The molecule has 0 radical (unpaired) electrons. The molecule has 6 heteroatoms. The van der Waals surface area contributed by atoms with Crippen molar-refractivity contribution >= 4 is 11.6 Å². The summed E-state index contributed by atoms with van der Waals surface area (Å²) in [6.45, 7) is 3.17. The molecule has 1 N–H and O–H groups in total. The van der Waals surface area contributed by atoms with E-state index in [1.807, 2.05) is 24.3 Å². The summed E-state index contributed by atoms with van der Waals surface area (Å²) in [7, 11) is 0. The number of aromatic amines is 1. The largest absolute Gasteiger partial charge is 0.367 e. The van der Waals surface area contributed by atoms with Gasteiger partial charge in [0.25, 0.3) is 5.56 Å². The van der Waals surface area contributed by atoms with Gasteiger partial charge in [-0.1, -0.05) is 12.1 Å². The van der Waals surface area contributed by atoms with Crippen LogP contribution in [0.1, 0.15) is 29.7 Å². The van der Waals surface area contributed by atoms with Crippen LogP contribution in [0.25, 0.3) is 0 Å². The van der Waals surface area contributed by atoms with Crippen LogP contribution >= 0.6 is 0 Å². The normalized spacial score (nSPS) is 17.1. The molecule has 0 saturated carbocycles. The molecule has 6 nitrogen and oxygen atoms in total. The number of hydrogen-bond donors (Lipinski definition) is 1. The molecule has 1 aromatic carbocycles. The zero-order valence-corrected chi connectivity index (χ0v) is 14.2. The lowest BCUT2D eigenvalue weighted by Crippen LogP contribution is -2.48. The third kappa shape index (κ3) is 2.98. The second kappa shape index (κ2) is 6.60. The van der Waals surface area contributed by atoms with Crippen molar-refractivity contribution in [3.05, 3.63) is 51.4 Å². The maximum absolute atomic E-state index is 12.3. The number of piperazine rings is 1. The average molecular weight is 335 g/mol. The second-order valence-electron chi connectivity index (χ2n) is 6.62. The first-order valence-corrected chi connectivity index (χ1v) is 8.87. The summed E-state index contributed by atoms with van der Waals surface area (Å²) in [4.78, 5) is 24.4. The molecule has 0 amide bonds. The summed E-state index contributed by atoms with van der Waals surface area (Å²) in [5, 5.41) is 9.29. The third-order valence-corrected chi connectivity index (χ3v) is 5.12. The van der Waals surface area contributed by atoms with Gasteiger partial charge in [-0.2, -0.15) is 5.26 Å². The highest BCUT2D eigenvalue weighted by Gasteiger charge is 2.23. The maximum atomic E-state index is 12.3. The first-order chi connectivity index (χ1) is 12.3. The quantitative estimate of drug-likeness (QED) is 0.906. The van der Waals surface area contributed by atoms with Crippen LogP contribution in [-0.2, 0) is 12.8 Å². The zero-order valence-electron chi connectivity index (χ0n) is 14.2. The van der Waals surface area contributed by atoms with Gasteiger partial charge < -0.3 is 9.80 Å². The highest BCUT2D eigenvalue weighted by molar-refractivity contribution is 5.60. The minimum absolute atomic E-state index is 0.0250. The van der Waals surface area contributed by atoms with Crippen molar-refractivity contribution in [2.24, 2.45) is 0 Å². The maximum Gasteiger partial charge on any atom is 0.255 e. The van der Waals surface area contributed by atoms with E-state index in [-0.39, 0.29) is 5.56 Å². The van der Waals surface area contributed by atoms with Gasteiger partial charge in [0.1, 0.15) is 6.07 Å². The number of nitrogens with one attached hydrogen (secondary N) is 1. The van der Waals surface area contributed by atoms with Gasteiger partial charge in [-0.05, 0) is 37.8 Å². The standard InChI is InChI=1S/C19H21N5O/c20-13-14-5-1-4-8-17(14)23-9-11-24(12-10-23)19-21-16-7-3-2-6-15(16)18(25)22-19/h1,4-5,8H,2-3,6-7,9-12H2,(H,21,22,25). The Morgan fingerprint density at radius 2 is 1.76 bits per heavy atom. The van der Waals surface area contributed by atoms with Gasteiger partial charge in [0, 0.05) is 31.7 Å². The van der Waals surface area contributed by atoms with Gasteiger partial charge in [0.05, 0.1) is 16.9 Å². The SMILES string of the molecule is N#Cc1ccccc1N1CCN(c2nc3c(c(=O)[nH]2)CCCC3)CC1. The van der Waals surface area contributed by atoms with Crippen molar-refractivity contribution in [3.8, 4) is 6.07 Å². The molecule has 2 aliphatic rings. The lowest BCUT2D eigenvalue weighted by atomic mass is 9.97. The summed E-state index contributed by atoms with van der Waals surface area (Å²) < 4.78 is 0. The number of H-pyrrole nitrogens is 1. The average Bonchev–Trinajstić information content (AvgIpc) is 2.68. The number of nitriles is 1.